The number of benzene rings is 4. The first kappa shape index (κ1) is 18.0. The molecule has 1 aliphatic heterocycles. The Labute approximate surface area is 181 Å². The van der Waals surface area contributed by atoms with Crippen LogP contribution in [0.25, 0.3) is 27.5 Å². The first-order valence-electron chi connectivity index (χ1n) is 10.8. The van der Waals surface area contributed by atoms with Crippen molar-refractivity contribution >= 4 is 33.7 Å². The minimum atomic E-state index is 0.373. The fraction of sp³-hybridized carbons (Fsp3) is 0.107. The zero-order valence-corrected chi connectivity index (χ0v) is 17.4. The first-order chi connectivity index (χ1) is 15.3. The minimum Gasteiger partial charge on any atom is -0.309 e. The average molecular weight is 402 g/mol. The van der Waals surface area contributed by atoms with Crippen molar-refractivity contribution in [3.63, 3.8) is 0 Å². The Bertz CT molecular complexity index is 1430. The molecule has 2 heterocycles. The molecule has 0 fully saturated rings. The van der Waals surface area contributed by atoms with Gasteiger partial charge in [0, 0.05) is 16.5 Å². The van der Waals surface area contributed by atoms with Gasteiger partial charge in [-0.1, -0.05) is 60.7 Å². The molecule has 0 amide bonds. The van der Waals surface area contributed by atoms with Crippen molar-refractivity contribution in [2.24, 2.45) is 5.10 Å². The molecule has 1 atom stereocenters. The van der Waals surface area contributed by atoms with Gasteiger partial charge in [-0.25, -0.2) is 0 Å². The first-order valence-corrected chi connectivity index (χ1v) is 10.8. The monoisotopic (exact) mass is 401 g/mol. The van der Waals surface area contributed by atoms with Gasteiger partial charge in [-0.3, -0.25) is 5.01 Å². The second kappa shape index (κ2) is 7.13. The summed E-state index contributed by atoms with van der Waals surface area (Å²) in [5.74, 6) is 0. The molecule has 0 aliphatic carbocycles. The van der Waals surface area contributed by atoms with E-state index in [2.05, 4.69) is 114 Å². The number of rotatable bonds is 3. The Morgan fingerprint density at radius 1 is 0.774 bits per heavy atom. The summed E-state index contributed by atoms with van der Waals surface area (Å²) in [6.07, 6.45) is 3.03. The fourth-order valence-corrected chi connectivity index (χ4v) is 4.78. The maximum atomic E-state index is 4.87. The normalized spacial score (nSPS) is 15.9. The van der Waals surface area contributed by atoms with Gasteiger partial charge in [-0.2, -0.15) is 5.10 Å². The predicted molar refractivity (Wildman–Crippen MR) is 130 cm³/mol. The highest BCUT2D eigenvalue weighted by molar-refractivity contribution is 6.10. The molecular weight excluding hydrogens is 378 g/mol. The van der Waals surface area contributed by atoms with E-state index in [0.717, 1.165) is 12.0 Å². The van der Waals surface area contributed by atoms with Crippen LogP contribution in [0.4, 0.5) is 5.69 Å². The van der Waals surface area contributed by atoms with Gasteiger partial charge in [0.1, 0.15) is 0 Å². The Balaban J connectivity index is 1.46. The number of hydrogen-bond acceptors (Lipinski definition) is 2. The lowest BCUT2D eigenvalue weighted by atomic mass is 10.1. The summed E-state index contributed by atoms with van der Waals surface area (Å²) < 4.78 is 2.34. The summed E-state index contributed by atoms with van der Waals surface area (Å²) in [7, 11) is 0. The SMILES string of the molecule is CC1Cc2ccccc2N1/N=C/c1ccc2c(c1)c1ccccc1n2-c1ccccc1. The molecule has 0 N–H and O–H groups in total. The quantitative estimate of drug-likeness (QED) is 0.313. The maximum Gasteiger partial charge on any atom is 0.0629 e. The molecule has 5 aromatic rings. The summed E-state index contributed by atoms with van der Waals surface area (Å²) in [6, 6.07) is 34.7. The largest absolute Gasteiger partial charge is 0.309 e. The van der Waals surface area contributed by atoms with Crippen molar-refractivity contribution in [3.8, 4) is 5.69 Å². The maximum absolute atomic E-state index is 4.87. The van der Waals surface area contributed by atoms with E-state index in [0.29, 0.717) is 6.04 Å². The Kier molecular flexibility index (Phi) is 4.13. The highest BCUT2D eigenvalue weighted by Crippen LogP contribution is 2.33. The van der Waals surface area contributed by atoms with E-state index in [1.807, 2.05) is 6.21 Å². The molecule has 0 saturated carbocycles. The molecule has 150 valence electrons. The van der Waals surface area contributed by atoms with Crippen LogP contribution in [0, 0.1) is 0 Å². The van der Waals surface area contributed by atoms with Crippen LogP contribution >= 0.6 is 0 Å². The Morgan fingerprint density at radius 2 is 1.52 bits per heavy atom. The number of nitrogens with zero attached hydrogens (tertiary/aromatic N) is 3. The highest BCUT2D eigenvalue weighted by atomic mass is 15.5. The lowest BCUT2D eigenvalue weighted by molar-refractivity contribution is 0.700. The van der Waals surface area contributed by atoms with E-state index in [1.54, 1.807) is 0 Å². The molecule has 3 nitrogen and oxygen atoms in total. The van der Waals surface area contributed by atoms with Crippen LogP contribution in [0.15, 0.2) is 102 Å². The average Bonchev–Trinajstić information content (AvgIpc) is 3.32. The summed E-state index contributed by atoms with van der Waals surface area (Å²) in [5, 5.41) is 9.52. The van der Waals surface area contributed by atoms with Gasteiger partial charge >= 0.3 is 0 Å². The van der Waals surface area contributed by atoms with E-state index in [1.165, 1.54) is 38.7 Å². The molecular formula is C28H23N3. The van der Waals surface area contributed by atoms with Crippen molar-refractivity contribution < 1.29 is 0 Å². The molecule has 0 radical (unpaired) electrons. The summed E-state index contributed by atoms with van der Waals surface area (Å²) in [6.45, 7) is 2.23. The molecule has 0 spiro atoms. The van der Waals surface area contributed by atoms with Crippen molar-refractivity contribution in [2.75, 3.05) is 5.01 Å². The van der Waals surface area contributed by atoms with Crippen molar-refractivity contribution in [2.45, 2.75) is 19.4 Å². The van der Waals surface area contributed by atoms with E-state index in [4.69, 9.17) is 5.10 Å². The van der Waals surface area contributed by atoms with Gasteiger partial charge in [0.05, 0.1) is 29.0 Å². The van der Waals surface area contributed by atoms with E-state index >= 15 is 0 Å². The van der Waals surface area contributed by atoms with Crippen LogP contribution in [0.3, 0.4) is 0 Å². The van der Waals surface area contributed by atoms with Gasteiger partial charge in [-0.05, 0) is 60.9 Å². The van der Waals surface area contributed by atoms with Crippen molar-refractivity contribution in [1.82, 2.24) is 4.57 Å². The van der Waals surface area contributed by atoms with Crippen molar-refractivity contribution in [1.29, 1.82) is 0 Å². The summed E-state index contributed by atoms with van der Waals surface area (Å²) >= 11 is 0. The number of anilines is 1. The number of fused-ring (bicyclic) bond motifs is 4. The Morgan fingerprint density at radius 3 is 2.42 bits per heavy atom. The number of hydrogen-bond donors (Lipinski definition) is 0. The van der Waals surface area contributed by atoms with Crippen molar-refractivity contribution in [3.05, 3.63) is 108 Å². The van der Waals surface area contributed by atoms with Crippen LogP contribution in [-0.4, -0.2) is 16.8 Å². The standard InChI is InChI=1S/C28H23N3/c1-20-17-22-9-5-7-13-26(22)31(20)29-19-21-15-16-28-25(18-21)24-12-6-8-14-27(24)30(28)23-10-3-2-4-11-23/h2-16,18-20H,17H2,1H3/b29-19+. The van der Waals surface area contributed by atoms with Gasteiger partial charge in [0.15, 0.2) is 0 Å². The minimum absolute atomic E-state index is 0.373. The van der Waals surface area contributed by atoms with E-state index < -0.39 is 0 Å². The van der Waals surface area contributed by atoms with Gasteiger partial charge in [0.2, 0.25) is 0 Å². The third kappa shape index (κ3) is 2.93. The summed E-state index contributed by atoms with van der Waals surface area (Å²) in [4.78, 5) is 0. The fourth-order valence-electron chi connectivity index (χ4n) is 4.78. The predicted octanol–water partition coefficient (Wildman–Crippen LogP) is 6.57. The van der Waals surface area contributed by atoms with E-state index in [9.17, 15) is 0 Å². The zero-order chi connectivity index (χ0) is 20.8. The third-order valence-corrected chi connectivity index (χ3v) is 6.21. The number of aromatic nitrogens is 1. The molecule has 6 rings (SSSR count). The van der Waals surface area contributed by atoms with Crippen LogP contribution in [0.2, 0.25) is 0 Å². The van der Waals surface area contributed by atoms with Crippen LogP contribution in [0.1, 0.15) is 18.1 Å². The highest BCUT2D eigenvalue weighted by Gasteiger charge is 2.24. The summed E-state index contributed by atoms with van der Waals surface area (Å²) in [5.41, 5.74) is 7.31. The number of hydrazone groups is 1. The van der Waals surface area contributed by atoms with Crippen LogP contribution in [-0.2, 0) is 6.42 Å². The lowest BCUT2D eigenvalue weighted by Gasteiger charge is -2.18. The molecule has 1 unspecified atom stereocenters. The number of para-hydroxylation sites is 3. The third-order valence-electron chi connectivity index (χ3n) is 6.21. The second-order valence-electron chi connectivity index (χ2n) is 8.24. The van der Waals surface area contributed by atoms with E-state index in [-0.39, 0.29) is 0 Å². The van der Waals surface area contributed by atoms with Gasteiger partial charge in [0.25, 0.3) is 0 Å². The molecule has 1 aromatic heterocycles. The lowest BCUT2D eigenvalue weighted by Crippen LogP contribution is -2.23. The molecule has 3 heteroatoms. The topological polar surface area (TPSA) is 20.5 Å². The molecule has 0 bridgehead atoms. The Hall–Kier alpha value is -3.85. The van der Waals surface area contributed by atoms with Gasteiger partial charge < -0.3 is 4.57 Å². The van der Waals surface area contributed by atoms with Gasteiger partial charge in [-0.15, -0.1) is 0 Å². The van der Waals surface area contributed by atoms with Crippen LogP contribution in [0.5, 0.6) is 0 Å². The molecule has 1 aliphatic rings. The van der Waals surface area contributed by atoms with Crippen LogP contribution < -0.4 is 5.01 Å². The molecule has 4 aromatic carbocycles. The second-order valence-corrected chi connectivity index (χ2v) is 8.24. The molecule has 31 heavy (non-hydrogen) atoms. The molecule has 0 saturated heterocycles. The smallest absolute Gasteiger partial charge is 0.0629 e. The zero-order valence-electron chi connectivity index (χ0n) is 17.4.